The minimum Gasteiger partial charge on any atom is -0.434 e. The van der Waals surface area contributed by atoms with Gasteiger partial charge in [0.15, 0.2) is 0 Å². The molecule has 0 N–H and O–H groups in total. The molecular formula is C11H16F6O3. The summed E-state index contributed by atoms with van der Waals surface area (Å²) in [5.41, 5.74) is 0. The molecule has 0 aliphatic heterocycles. The van der Waals surface area contributed by atoms with Gasteiger partial charge in [-0.05, 0) is 25.7 Å². The number of rotatable bonds is 8. The molecule has 0 atom stereocenters. The molecule has 0 fully saturated rings. The molecule has 9 heteroatoms. The van der Waals surface area contributed by atoms with Crippen LogP contribution in [0.3, 0.4) is 0 Å². The molecule has 3 nitrogen and oxygen atoms in total. The van der Waals surface area contributed by atoms with Gasteiger partial charge in [-0.15, -0.1) is 0 Å². The third kappa shape index (κ3) is 14.9. The van der Waals surface area contributed by atoms with Crippen molar-refractivity contribution in [3.8, 4) is 0 Å². The minimum absolute atomic E-state index is 0.0443. The van der Waals surface area contributed by atoms with Crippen molar-refractivity contribution in [3.05, 3.63) is 0 Å². The summed E-state index contributed by atoms with van der Waals surface area (Å²) >= 11 is 0. The maximum absolute atomic E-state index is 11.8. The lowest BCUT2D eigenvalue weighted by atomic mass is 10.2. The predicted molar refractivity (Wildman–Crippen MR) is 57.1 cm³/mol. The smallest absolute Gasteiger partial charge is 0.434 e. The quantitative estimate of drug-likeness (QED) is 0.373. The molecular weight excluding hydrogens is 294 g/mol. The molecule has 0 amide bonds. The number of hydrogen-bond donors (Lipinski definition) is 0. The lowest BCUT2D eigenvalue weighted by Crippen LogP contribution is -2.12. The van der Waals surface area contributed by atoms with Crippen molar-refractivity contribution in [2.45, 2.75) is 50.9 Å². The first kappa shape index (κ1) is 18.9. The van der Waals surface area contributed by atoms with Crippen LogP contribution < -0.4 is 0 Å². The first-order valence-electron chi connectivity index (χ1n) is 6.03. The molecule has 0 saturated heterocycles. The summed E-state index contributed by atoms with van der Waals surface area (Å²) in [5, 5.41) is 0. The molecule has 0 saturated carbocycles. The Morgan fingerprint density at radius 2 is 1.05 bits per heavy atom. The zero-order chi connectivity index (χ0) is 15.6. The van der Waals surface area contributed by atoms with Gasteiger partial charge in [-0.1, -0.05) is 0 Å². The number of ether oxygens (including phenoxy) is 2. The van der Waals surface area contributed by atoms with Gasteiger partial charge in [0.2, 0.25) is 0 Å². The summed E-state index contributed by atoms with van der Waals surface area (Å²) in [7, 11) is 0. The van der Waals surface area contributed by atoms with Gasteiger partial charge in [-0.2, -0.15) is 26.3 Å². The molecule has 0 aliphatic rings. The molecule has 120 valence electrons. The normalized spacial score (nSPS) is 12.3. The van der Waals surface area contributed by atoms with E-state index in [0.717, 1.165) is 0 Å². The summed E-state index contributed by atoms with van der Waals surface area (Å²) in [5.74, 6) is 0. The van der Waals surface area contributed by atoms with Gasteiger partial charge in [0, 0.05) is 12.8 Å². The van der Waals surface area contributed by atoms with Crippen LogP contribution in [0.2, 0.25) is 0 Å². The molecule has 20 heavy (non-hydrogen) atoms. The third-order valence-corrected chi connectivity index (χ3v) is 2.15. The largest absolute Gasteiger partial charge is 0.508 e. The summed E-state index contributed by atoms with van der Waals surface area (Å²) in [6, 6.07) is 0. The highest BCUT2D eigenvalue weighted by Gasteiger charge is 2.26. The Morgan fingerprint density at radius 3 is 1.35 bits per heavy atom. The lowest BCUT2D eigenvalue weighted by Gasteiger charge is -2.08. The van der Waals surface area contributed by atoms with Gasteiger partial charge in [0.1, 0.15) is 0 Å². The van der Waals surface area contributed by atoms with Crippen LogP contribution in [0, 0.1) is 0 Å². The predicted octanol–water partition coefficient (Wildman–Crippen LogP) is 4.60. The van der Waals surface area contributed by atoms with Crippen molar-refractivity contribution >= 4 is 6.16 Å². The van der Waals surface area contributed by atoms with Gasteiger partial charge in [0.05, 0.1) is 13.2 Å². The summed E-state index contributed by atoms with van der Waals surface area (Å²) < 4.78 is 79.4. The molecule has 0 aromatic rings. The number of alkyl halides is 6. The minimum atomic E-state index is -4.24. The molecule has 0 unspecified atom stereocenters. The SMILES string of the molecule is O=C(OCCCCC(F)(F)F)OCCCCC(F)(F)F. The topological polar surface area (TPSA) is 35.5 Å². The molecule has 0 heterocycles. The van der Waals surface area contributed by atoms with E-state index in [0.29, 0.717) is 0 Å². The van der Waals surface area contributed by atoms with Gasteiger partial charge in [-0.3, -0.25) is 0 Å². The molecule has 0 aliphatic carbocycles. The van der Waals surface area contributed by atoms with E-state index in [4.69, 9.17) is 0 Å². The molecule has 0 aromatic heterocycles. The maximum atomic E-state index is 11.8. The van der Waals surface area contributed by atoms with E-state index in [1.54, 1.807) is 0 Å². The van der Waals surface area contributed by atoms with Crippen molar-refractivity contribution in [1.29, 1.82) is 0 Å². The Morgan fingerprint density at radius 1 is 0.700 bits per heavy atom. The molecule has 0 rings (SSSR count). The van der Waals surface area contributed by atoms with Gasteiger partial charge >= 0.3 is 18.5 Å². The highest BCUT2D eigenvalue weighted by atomic mass is 19.4. The molecule has 0 radical (unpaired) electrons. The number of unbranched alkanes of at least 4 members (excludes halogenated alkanes) is 2. The summed E-state index contributed by atoms with van der Waals surface area (Å²) in [6.07, 6.45) is -11.7. The van der Waals surface area contributed by atoms with Crippen LogP contribution >= 0.6 is 0 Å². The van der Waals surface area contributed by atoms with Crippen molar-refractivity contribution < 1.29 is 40.6 Å². The Kier molecular flexibility index (Phi) is 8.40. The highest BCUT2D eigenvalue weighted by molar-refractivity contribution is 5.59. The Balaban J connectivity index is 3.38. The van der Waals surface area contributed by atoms with Crippen molar-refractivity contribution in [3.63, 3.8) is 0 Å². The van der Waals surface area contributed by atoms with E-state index in [2.05, 4.69) is 9.47 Å². The molecule has 0 bridgehead atoms. The Labute approximate surface area is 112 Å². The van der Waals surface area contributed by atoms with E-state index in [1.165, 1.54) is 0 Å². The zero-order valence-corrected chi connectivity index (χ0v) is 10.6. The second-order valence-corrected chi connectivity index (χ2v) is 4.09. The van der Waals surface area contributed by atoms with Gasteiger partial charge in [-0.25, -0.2) is 4.79 Å². The Hall–Kier alpha value is -1.15. The van der Waals surface area contributed by atoms with Crippen molar-refractivity contribution in [1.82, 2.24) is 0 Å². The zero-order valence-electron chi connectivity index (χ0n) is 10.6. The fourth-order valence-electron chi connectivity index (χ4n) is 1.21. The second kappa shape index (κ2) is 8.91. The maximum Gasteiger partial charge on any atom is 0.508 e. The lowest BCUT2D eigenvalue weighted by molar-refractivity contribution is -0.136. The van der Waals surface area contributed by atoms with Crippen LogP contribution in [0.25, 0.3) is 0 Å². The van der Waals surface area contributed by atoms with E-state index >= 15 is 0 Å². The number of halogens is 6. The number of hydrogen-bond acceptors (Lipinski definition) is 3. The monoisotopic (exact) mass is 310 g/mol. The van der Waals surface area contributed by atoms with E-state index < -0.39 is 31.3 Å². The average molecular weight is 310 g/mol. The summed E-state index contributed by atoms with van der Waals surface area (Å²) in [4.78, 5) is 10.9. The standard InChI is InChI=1S/C11H16F6O3/c12-10(13,14)5-1-3-7-19-9(18)20-8-4-2-6-11(15,16)17/h1-8H2. The Bertz CT molecular complexity index is 248. The van der Waals surface area contributed by atoms with E-state index in [-0.39, 0.29) is 38.9 Å². The van der Waals surface area contributed by atoms with Crippen LogP contribution in [0.4, 0.5) is 31.1 Å². The first-order chi connectivity index (χ1) is 9.10. The van der Waals surface area contributed by atoms with Crippen LogP contribution in [-0.2, 0) is 9.47 Å². The first-order valence-corrected chi connectivity index (χ1v) is 6.03. The van der Waals surface area contributed by atoms with Crippen LogP contribution in [0.15, 0.2) is 0 Å². The second-order valence-electron chi connectivity index (χ2n) is 4.09. The summed E-state index contributed by atoms with van der Waals surface area (Å²) in [6.45, 7) is -0.422. The highest BCUT2D eigenvalue weighted by Crippen LogP contribution is 2.22. The van der Waals surface area contributed by atoms with E-state index in [1.807, 2.05) is 0 Å². The number of carbonyl (C=O) groups excluding carboxylic acids is 1. The van der Waals surface area contributed by atoms with Crippen molar-refractivity contribution in [2.75, 3.05) is 13.2 Å². The fourth-order valence-corrected chi connectivity index (χ4v) is 1.21. The molecule has 0 spiro atoms. The molecule has 0 aromatic carbocycles. The van der Waals surface area contributed by atoms with Crippen LogP contribution in [0.1, 0.15) is 38.5 Å². The third-order valence-electron chi connectivity index (χ3n) is 2.15. The van der Waals surface area contributed by atoms with Crippen molar-refractivity contribution in [2.24, 2.45) is 0 Å². The van der Waals surface area contributed by atoms with Crippen LogP contribution in [-0.4, -0.2) is 31.7 Å². The fraction of sp³-hybridized carbons (Fsp3) is 0.909. The average Bonchev–Trinajstić information content (AvgIpc) is 2.25. The van der Waals surface area contributed by atoms with Gasteiger partial charge < -0.3 is 9.47 Å². The number of carbonyl (C=O) groups is 1. The van der Waals surface area contributed by atoms with E-state index in [9.17, 15) is 31.1 Å². The van der Waals surface area contributed by atoms with Crippen LogP contribution in [0.5, 0.6) is 0 Å². The van der Waals surface area contributed by atoms with Gasteiger partial charge in [0.25, 0.3) is 0 Å².